The van der Waals surface area contributed by atoms with E-state index < -0.39 is 0 Å². The fraction of sp³-hybridized carbons (Fsp3) is 0.476. The fourth-order valence-corrected chi connectivity index (χ4v) is 2.97. The molecule has 26 heavy (non-hydrogen) atoms. The molecule has 142 valence electrons. The van der Waals surface area contributed by atoms with Gasteiger partial charge in [0.1, 0.15) is 41.5 Å². The highest BCUT2D eigenvalue weighted by atomic mass is 127. The van der Waals surface area contributed by atoms with Crippen molar-refractivity contribution >= 4 is 40.3 Å². The third-order valence-corrected chi connectivity index (χ3v) is 5.04. The maximum Gasteiger partial charge on any atom is 0.117 e. The van der Waals surface area contributed by atoms with Gasteiger partial charge in [-0.25, -0.2) is 0 Å². The van der Waals surface area contributed by atoms with Gasteiger partial charge >= 0.3 is 0 Å². The molecule has 0 bridgehead atoms. The summed E-state index contributed by atoms with van der Waals surface area (Å²) < 4.78 is 11.5. The SMILES string of the molecule is CC#CC(CC/C(Cl)=C\C)COC1=CC(OI)[C@@H](/C=C/C(C)=N\C)C=C1. The van der Waals surface area contributed by atoms with Crippen molar-refractivity contribution in [1.29, 1.82) is 0 Å². The molecular weight excluding hydrogens is 461 g/mol. The van der Waals surface area contributed by atoms with Crippen LogP contribution in [0, 0.1) is 23.7 Å². The molecule has 0 aromatic heterocycles. The van der Waals surface area contributed by atoms with Crippen molar-refractivity contribution in [2.75, 3.05) is 13.7 Å². The predicted molar refractivity (Wildman–Crippen MR) is 120 cm³/mol. The lowest BCUT2D eigenvalue weighted by Crippen LogP contribution is -2.20. The Balaban J connectivity index is 2.66. The fourth-order valence-electron chi connectivity index (χ4n) is 2.38. The van der Waals surface area contributed by atoms with E-state index in [0.717, 1.165) is 29.3 Å². The zero-order chi connectivity index (χ0) is 19.4. The summed E-state index contributed by atoms with van der Waals surface area (Å²) in [6.45, 7) is 6.31. The minimum Gasteiger partial charge on any atom is -0.493 e. The first-order chi connectivity index (χ1) is 12.5. The van der Waals surface area contributed by atoms with Gasteiger partial charge in [0.25, 0.3) is 0 Å². The molecule has 2 unspecified atom stereocenters. The Morgan fingerprint density at radius 3 is 2.88 bits per heavy atom. The van der Waals surface area contributed by atoms with Gasteiger partial charge in [-0.05, 0) is 51.8 Å². The third kappa shape index (κ3) is 8.57. The Morgan fingerprint density at radius 2 is 2.27 bits per heavy atom. The van der Waals surface area contributed by atoms with E-state index in [-0.39, 0.29) is 17.9 Å². The number of halogens is 2. The number of allylic oxidation sites excluding steroid dienone is 4. The topological polar surface area (TPSA) is 30.8 Å². The molecule has 1 aliphatic carbocycles. The van der Waals surface area contributed by atoms with Crippen LogP contribution in [-0.2, 0) is 7.80 Å². The van der Waals surface area contributed by atoms with Crippen LogP contribution in [0.2, 0.25) is 0 Å². The molecule has 0 spiro atoms. The smallest absolute Gasteiger partial charge is 0.117 e. The van der Waals surface area contributed by atoms with E-state index in [2.05, 4.69) is 29.0 Å². The molecule has 0 radical (unpaired) electrons. The lowest BCUT2D eigenvalue weighted by Gasteiger charge is -2.22. The summed E-state index contributed by atoms with van der Waals surface area (Å²) in [7, 11) is 1.79. The minimum absolute atomic E-state index is 0.0651. The number of aliphatic imine (C=N–C) groups is 1. The highest BCUT2D eigenvalue weighted by molar-refractivity contribution is 14.1. The Bertz CT molecular complexity index is 653. The second kappa shape index (κ2) is 13.2. The van der Waals surface area contributed by atoms with Gasteiger partial charge in [-0.15, -0.1) is 5.92 Å². The van der Waals surface area contributed by atoms with Crippen LogP contribution in [-0.4, -0.2) is 25.5 Å². The first-order valence-corrected chi connectivity index (χ1v) is 9.94. The van der Waals surface area contributed by atoms with Gasteiger partial charge in [-0.3, -0.25) is 4.99 Å². The van der Waals surface area contributed by atoms with Crippen molar-refractivity contribution in [1.82, 2.24) is 0 Å². The lowest BCUT2D eigenvalue weighted by atomic mass is 9.96. The minimum atomic E-state index is -0.0651. The molecule has 1 aliphatic rings. The number of rotatable bonds is 9. The monoisotopic (exact) mass is 487 g/mol. The molecular formula is C21H27ClINO2. The summed E-state index contributed by atoms with van der Waals surface area (Å²) in [5.74, 6) is 7.32. The number of ether oxygens (including phenoxy) is 1. The van der Waals surface area contributed by atoms with Crippen LogP contribution < -0.4 is 0 Å². The van der Waals surface area contributed by atoms with Crippen LogP contribution in [0.5, 0.6) is 0 Å². The Labute approximate surface area is 177 Å². The van der Waals surface area contributed by atoms with E-state index in [1.165, 1.54) is 0 Å². The van der Waals surface area contributed by atoms with E-state index in [0.29, 0.717) is 6.61 Å². The molecule has 1 rings (SSSR count). The average molecular weight is 488 g/mol. The van der Waals surface area contributed by atoms with Crippen molar-refractivity contribution in [2.24, 2.45) is 16.8 Å². The highest BCUT2D eigenvalue weighted by Gasteiger charge is 2.20. The summed E-state index contributed by atoms with van der Waals surface area (Å²) in [5, 5.41) is 0.864. The third-order valence-electron chi connectivity index (χ3n) is 4.05. The van der Waals surface area contributed by atoms with Gasteiger partial charge < -0.3 is 7.80 Å². The molecule has 0 aromatic rings. The number of hydrogen-bond donors (Lipinski definition) is 0. The molecule has 5 heteroatoms. The van der Waals surface area contributed by atoms with Gasteiger partial charge in [0.2, 0.25) is 0 Å². The average Bonchev–Trinajstić information content (AvgIpc) is 2.67. The summed E-state index contributed by atoms with van der Waals surface area (Å²) in [6, 6.07) is 0. The van der Waals surface area contributed by atoms with Crippen molar-refractivity contribution < 1.29 is 7.80 Å². The standard InChI is InChI=1S/C21H27ClINO2/c1-5-7-17(9-12-19(22)6-2)15-25-20-13-11-18(21(14-20)26-23)10-8-16(3)24-4/h6,8,10-11,13-14,17-18,21H,9,12,15H2,1-4H3/b10-8+,19-6+,24-16-/t17?,18-,21?/m0/s1. The van der Waals surface area contributed by atoms with Crippen LogP contribution in [0.1, 0.15) is 33.6 Å². The van der Waals surface area contributed by atoms with E-state index in [1.807, 2.05) is 68.1 Å². The first kappa shape index (κ1) is 23.0. The van der Waals surface area contributed by atoms with Crippen LogP contribution in [0.3, 0.4) is 0 Å². The predicted octanol–water partition coefficient (Wildman–Crippen LogP) is 6.02. The normalized spacial score (nSPS) is 22.0. The molecule has 3 atom stereocenters. The lowest BCUT2D eigenvalue weighted by molar-refractivity contribution is 0.182. The van der Waals surface area contributed by atoms with E-state index >= 15 is 0 Å². The molecule has 0 saturated carbocycles. The van der Waals surface area contributed by atoms with E-state index in [9.17, 15) is 0 Å². The number of nitrogens with zero attached hydrogens (tertiary/aromatic N) is 1. The molecule has 0 heterocycles. The molecule has 0 aliphatic heterocycles. The second-order valence-corrected chi connectivity index (χ2v) is 6.95. The van der Waals surface area contributed by atoms with Crippen molar-refractivity contribution in [3.63, 3.8) is 0 Å². The van der Waals surface area contributed by atoms with Crippen molar-refractivity contribution in [3.05, 3.63) is 47.2 Å². The summed E-state index contributed by atoms with van der Waals surface area (Å²) >= 11 is 8.03. The van der Waals surface area contributed by atoms with Gasteiger partial charge in [0.05, 0.1) is 5.92 Å². The Hall–Kier alpha value is -1.03. The molecule has 3 nitrogen and oxygen atoms in total. The zero-order valence-electron chi connectivity index (χ0n) is 15.8. The molecule has 0 N–H and O–H groups in total. The molecule has 0 fully saturated rings. The van der Waals surface area contributed by atoms with Gasteiger partial charge in [-0.1, -0.05) is 35.7 Å². The molecule has 0 aromatic carbocycles. The zero-order valence-corrected chi connectivity index (χ0v) is 18.8. The summed E-state index contributed by atoms with van der Waals surface area (Å²) in [4.78, 5) is 4.14. The molecule has 0 amide bonds. The van der Waals surface area contributed by atoms with Gasteiger partial charge in [-0.2, -0.15) is 0 Å². The largest absolute Gasteiger partial charge is 0.493 e. The summed E-state index contributed by atoms with van der Waals surface area (Å²) in [6.07, 6.45) is 13.8. The van der Waals surface area contributed by atoms with Crippen molar-refractivity contribution in [3.8, 4) is 11.8 Å². The van der Waals surface area contributed by atoms with Gasteiger partial charge in [0.15, 0.2) is 0 Å². The highest BCUT2D eigenvalue weighted by Crippen LogP contribution is 2.24. The maximum atomic E-state index is 6.09. The first-order valence-electron chi connectivity index (χ1n) is 8.68. The number of hydrogen-bond acceptors (Lipinski definition) is 3. The second-order valence-electron chi connectivity index (χ2n) is 5.96. The van der Waals surface area contributed by atoms with Crippen LogP contribution in [0.25, 0.3) is 0 Å². The van der Waals surface area contributed by atoms with E-state index in [4.69, 9.17) is 19.4 Å². The van der Waals surface area contributed by atoms with Crippen LogP contribution in [0.15, 0.2) is 52.2 Å². The van der Waals surface area contributed by atoms with Crippen molar-refractivity contribution in [2.45, 2.75) is 39.7 Å². The Morgan fingerprint density at radius 1 is 1.50 bits per heavy atom. The van der Waals surface area contributed by atoms with Gasteiger partial charge in [0, 0.05) is 23.7 Å². The van der Waals surface area contributed by atoms with Crippen LogP contribution in [0.4, 0.5) is 0 Å². The Kier molecular flexibility index (Phi) is 11.7. The van der Waals surface area contributed by atoms with Crippen LogP contribution >= 0.6 is 34.6 Å². The molecule has 0 saturated heterocycles. The van der Waals surface area contributed by atoms with E-state index in [1.54, 1.807) is 7.05 Å². The maximum absolute atomic E-state index is 6.09. The quantitative estimate of drug-likeness (QED) is 0.226. The summed E-state index contributed by atoms with van der Waals surface area (Å²) in [5.41, 5.74) is 0.984.